The summed E-state index contributed by atoms with van der Waals surface area (Å²) in [5.41, 5.74) is 1.76. The third-order valence-electron chi connectivity index (χ3n) is 10.0. The van der Waals surface area contributed by atoms with Crippen LogP contribution in [-0.4, -0.2) is 84.9 Å². The average molecular weight is 665 g/mol. The summed E-state index contributed by atoms with van der Waals surface area (Å²) in [6.07, 6.45) is 5.41. The molecule has 2 rings (SSSR count). The molecule has 0 aromatic carbocycles. The van der Waals surface area contributed by atoms with Gasteiger partial charge in [0.15, 0.2) is 5.79 Å². The van der Waals surface area contributed by atoms with Crippen LogP contribution in [0, 0.1) is 41.4 Å². The second kappa shape index (κ2) is 17.8. The topological polar surface area (TPSA) is 141 Å². The second-order valence-electron chi connectivity index (χ2n) is 14.1. The number of allylic oxidation sites excluding steroid dienone is 5. The lowest BCUT2D eigenvalue weighted by atomic mass is 9.72. The number of carbonyl (C=O) groups is 2. The standard InChI is InChI=1S/C37H60O10/c1-20(2)33-25(7)28(35(40)45-12)19-37(42,47-33)27(9)32(39)26(8)34-29(43-10)15-13-14-21(3)16-23(5)31(38)24(6)17-22(4)18-30(44-11)36(41)46-34/h13-15,17-18,20,23-29,31-34,38-39,42H,16,19H2,1-12H3/b15-13+,21-14+,22-17+,30-18-/t23-,24+,25-,26-,27-,28+,29-,31-,32+,33+,34+,37+/m0/s1. The van der Waals surface area contributed by atoms with Crippen LogP contribution in [0.2, 0.25) is 0 Å². The van der Waals surface area contributed by atoms with Gasteiger partial charge >= 0.3 is 11.9 Å². The Balaban J connectivity index is 2.56. The first-order valence-electron chi connectivity index (χ1n) is 16.8. The van der Waals surface area contributed by atoms with Crippen molar-refractivity contribution in [2.45, 2.75) is 111 Å². The molecule has 0 bridgehead atoms. The highest BCUT2D eigenvalue weighted by atomic mass is 16.6. The smallest absolute Gasteiger partial charge is 0.373 e. The van der Waals surface area contributed by atoms with Crippen LogP contribution in [0.4, 0.5) is 0 Å². The minimum absolute atomic E-state index is 0.0186. The fourth-order valence-corrected chi connectivity index (χ4v) is 7.01. The van der Waals surface area contributed by atoms with Gasteiger partial charge in [0.1, 0.15) is 12.2 Å². The summed E-state index contributed by atoms with van der Waals surface area (Å²) in [6.45, 7) is 16.9. The summed E-state index contributed by atoms with van der Waals surface area (Å²) in [4.78, 5) is 26.4. The van der Waals surface area contributed by atoms with Gasteiger partial charge in [0.25, 0.3) is 0 Å². The highest BCUT2D eigenvalue weighted by Crippen LogP contribution is 2.44. The van der Waals surface area contributed by atoms with Gasteiger partial charge in [0.05, 0.1) is 38.4 Å². The number of carbonyl (C=O) groups excluding carboxylic acids is 2. The maximum Gasteiger partial charge on any atom is 0.373 e. The molecule has 3 N–H and O–H groups in total. The van der Waals surface area contributed by atoms with Crippen molar-refractivity contribution in [1.29, 1.82) is 0 Å². The normalized spacial score (nSPS) is 39.1. The molecule has 2 aliphatic heterocycles. The molecule has 0 unspecified atom stereocenters. The first kappa shape index (κ1) is 40.7. The zero-order valence-corrected chi connectivity index (χ0v) is 30.4. The lowest BCUT2D eigenvalue weighted by molar-refractivity contribution is -0.321. The predicted molar refractivity (Wildman–Crippen MR) is 180 cm³/mol. The van der Waals surface area contributed by atoms with Crippen LogP contribution in [0.15, 0.2) is 47.3 Å². The van der Waals surface area contributed by atoms with Gasteiger partial charge in [0, 0.05) is 31.3 Å². The molecule has 0 spiro atoms. The Morgan fingerprint density at radius 3 is 2.26 bits per heavy atom. The van der Waals surface area contributed by atoms with Crippen molar-refractivity contribution in [1.82, 2.24) is 0 Å². The van der Waals surface area contributed by atoms with Crippen molar-refractivity contribution in [2.75, 3.05) is 21.3 Å². The number of methoxy groups -OCH3 is 3. The summed E-state index contributed by atoms with van der Waals surface area (Å²) < 4.78 is 28.6. The Morgan fingerprint density at radius 1 is 1.06 bits per heavy atom. The van der Waals surface area contributed by atoms with E-state index in [1.165, 1.54) is 21.3 Å². The van der Waals surface area contributed by atoms with Gasteiger partial charge in [-0.15, -0.1) is 0 Å². The van der Waals surface area contributed by atoms with Gasteiger partial charge in [-0.25, -0.2) is 4.79 Å². The van der Waals surface area contributed by atoms with Crippen LogP contribution in [0.1, 0.15) is 75.2 Å². The fourth-order valence-electron chi connectivity index (χ4n) is 7.01. The molecule has 47 heavy (non-hydrogen) atoms. The van der Waals surface area contributed by atoms with E-state index >= 15 is 0 Å². The van der Waals surface area contributed by atoms with Crippen LogP contribution >= 0.6 is 0 Å². The Labute approximate surface area is 281 Å². The van der Waals surface area contributed by atoms with Crippen molar-refractivity contribution in [3.8, 4) is 0 Å². The SMILES string of the molecule is COC(=O)[C@@H]1C[C@](O)([C@@H](C)[C@H](O)[C@H](C)[C@H]2OC(=O)/C(OC)=C/C(C)=C/[C@@H](C)[C@@H](O)[C@@H](C)C/C(C)=C/C=C/[C@@H]2OC)O[C@H](C(C)C)[C@H]1C. The number of hydrogen-bond acceptors (Lipinski definition) is 10. The van der Waals surface area contributed by atoms with Gasteiger partial charge in [-0.2, -0.15) is 0 Å². The second-order valence-corrected chi connectivity index (χ2v) is 14.1. The van der Waals surface area contributed by atoms with E-state index in [9.17, 15) is 24.9 Å². The molecule has 0 aromatic heterocycles. The molecule has 0 aromatic rings. The number of esters is 2. The lowest BCUT2D eigenvalue weighted by Crippen LogP contribution is -2.59. The van der Waals surface area contributed by atoms with E-state index < -0.39 is 66.0 Å². The van der Waals surface area contributed by atoms with E-state index in [1.807, 2.05) is 66.7 Å². The van der Waals surface area contributed by atoms with Crippen LogP contribution in [0.25, 0.3) is 0 Å². The van der Waals surface area contributed by atoms with Crippen LogP contribution in [0.5, 0.6) is 0 Å². The van der Waals surface area contributed by atoms with E-state index in [0.29, 0.717) is 12.0 Å². The molecule has 12 atom stereocenters. The van der Waals surface area contributed by atoms with E-state index in [1.54, 1.807) is 26.0 Å². The quantitative estimate of drug-likeness (QED) is 0.300. The van der Waals surface area contributed by atoms with Crippen LogP contribution in [-0.2, 0) is 33.3 Å². The number of ether oxygens (including phenoxy) is 5. The molecule has 0 aliphatic carbocycles. The Morgan fingerprint density at radius 2 is 1.70 bits per heavy atom. The zero-order chi connectivity index (χ0) is 35.8. The average Bonchev–Trinajstić information content (AvgIpc) is 3.02. The molecule has 0 radical (unpaired) electrons. The first-order valence-corrected chi connectivity index (χ1v) is 16.8. The van der Waals surface area contributed by atoms with Gasteiger partial charge in [-0.3, -0.25) is 4.79 Å². The summed E-state index contributed by atoms with van der Waals surface area (Å²) in [7, 11) is 4.18. The van der Waals surface area contributed by atoms with Crippen molar-refractivity contribution in [3.63, 3.8) is 0 Å². The van der Waals surface area contributed by atoms with E-state index in [2.05, 4.69) is 0 Å². The summed E-state index contributed by atoms with van der Waals surface area (Å²) in [5.74, 6) is -5.90. The third-order valence-corrected chi connectivity index (χ3v) is 10.0. The van der Waals surface area contributed by atoms with Crippen molar-refractivity contribution >= 4 is 11.9 Å². The Hall–Kier alpha value is -2.50. The number of hydrogen-bond donors (Lipinski definition) is 3. The monoisotopic (exact) mass is 664 g/mol. The number of aliphatic hydroxyl groups is 3. The Kier molecular flexibility index (Phi) is 15.4. The summed E-state index contributed by atoms with van der Waals surface area (Å²) >= 11 is 0. The maximum absolute atomic E-state index is 13.6. The summed E-state index contributed by atoms with van der Waals surface area (Å²) in [6, 6.07) is 0. The number of rotatable bonds is 8. The van der Waals surface area contributed by atoms with Crippen LogP contribution < -0.4 is 0 Å². The maximum atomic E-state index is 13.6. The fraction of sp³-hybridized carbons (Fsp3) is 0.730. The van der Waals surface area contributed by atoms with Gasteiger partial charge in [-0.05, 0) is 44.1 Å². The van der Waals surface area contributed by atoms with Crippen LogP contribution in [0.3, 0.4) is 0 Å². The largest absolute Gasteiger partial charge is 0.490 e. The molecule has 2 heterocycles. The molecular formula is C37H60O10. The van der Waals surface area contributed by atoms with E-state index in [4.69, 9.17) is 23.7 Å². The van der Waals surface area contributed by atoms with Crippen molar-refractivity contribution in [3.05, 3.63) is 47.3 Å². The number of cyclic esters (lactones) is 1. The van der Waals surface area contributed by atoms with E-state index in [0.717, 1.165) is 5.57 Å². The molecule has 0 saturated carbocycles. The minimum atomic E-state index is -1.87. The molecule has 1 saturated heterocycles. The molecule has 0 amide bonds. The van der Waals surface area contributed by atoms with Gasteiger partial charge < -0.3 is 39.0 Å². The van der Waals surface area contributed by atoms with Gasteiger partial charge in [-0.1, -0.05) is 83.9 Å². The Bertz CT molecular complexity index is 1170. The third kappa shape index (κ3) is 10.2. The first-order chi connectivity index (χ1) is 21.9. The van der Waals surface area contributed by atoms with Crippen molar-refractivity contribution in [2.24, 2.45) is 41.4 Å². The molecule has 2 aliphatic rings. The van der Waals surface area contributed by atoms with E-state index in [-0.39, 0.29) is 35.9 Å². The zero-order valence-electron chi connectivity index (χ0n) is 30.4. The number of aliphatic hydroxyl groups excluding tert-OH is 2. The lowest BCUT2D eigenvalue weighted by Gasteiger charge is -2.50. The predicted octanol–water partition coefficient (Wildman–Crippen LogP) is 5.12. The molecule has 268 valence electrons. The molecule has 10 nitrogen and oxygen atoms in total. The minimum Gasteiger partial charge on any atom is -0.490 e. The highest BCUT2D eigenvalue weighted by molar-refractivity contribution is 5.87. The molecule has 10 heteroatoms. The molecular weight excluding hydrogens is 604 g/mol. The molecule has 1 fully saturated rings. The van der Waals surface area contributed by atoms with Gasteiger partial charge in [0.2, 0.25) is 5.76 Å². The van der Waals surface area contributed by atoms with Crippen molar-refractivity contribution < 1.29 is 48.6 Å². The highest BCUT2D eigenvalue weighted by Gasteiger charge is 2.53. The summed E-state index contributed by atoms with van der Waals surface area (Å²) in [5, 5.41) is 34.7.